The van der Waals surface area contributed by atoms with Crippen molar-refractivity contribution in [2.24, 2.45) is 0 Å². The number of hydrogen-bond donors (Lipinski definition) is 1. The van der Waals surface area contributed by atoms with Crippen LogP contribution in [0.15, 0.2) is 18.5 Å². The topological polar surface area (TPSA) is 37.8 Å². The van der Waals surface area contributed by atoms with Gasteiger partial charge >= 0.3 is 0 Å². The lowest BCUT2D eigenvalue weighted by atomic mass is 10.1. The number of rotatable bonds is 1. The molecule has 0 saturated carbocycles. The van der Waals surface area contributed by atoms with E-state index in [-0.39, 0.29) is 0 Å². The molecular formula is C8H11N3. The molecule has 11 heavy (non-hydrogen) atoms. The van der Waals surface area contributed by atoms with Gasteiger partial charge in [-0.3, -0.25) is 0 Å². The van der Waals surface area contributed by atoms with Crippen LogP contribution in [0.2, 0.25) is 0 Å². The molecule has 58 valence electrons. The number of hydrogen-bond acceptors (Lipinski definition) is 3. The molecule has 0 aliphatic carbocycles. The highest BCUT2D eigenvalue weighted by Crippen LogP contribution is 2.16. The van der Waals surface area contributed by atoms with Gasteiger partial charge in [0.2, 0.25) is 0 Å². The maximum atomic E-state index is 4.21. The first kappa shape index (κ1) is 6.73. The molecule has 0 radical (unpaired) electrons. The van der Waals surface area contributed by atoms with E-state index in [0.29, 0.717) is 5.92 Å². The van der Waals surface area contributed by atoms with Crippen LogP contribution in [-0.4, -0.2) is 23.1 Å². The normalized spacial score (nSPS) is 23.8. The Kier molecular flexibility index (Phi) is 1.81. The van der Waals surface area contributed by atoms with Crippen LogP contribution in [0.5, 0.6) is 0 Å². The monoisotopic (exact) mass is 149 g/mol. The van der Waals surface area contributed by atoms with Crippen molar-refractivity contribution >= 4 is 0 Å². The smallest absolute Gasteiger partial charge is 0.132 e. The first-order chi connectivity index (χ1) is 5.47. The van der Waals surface area contributed by atoms with Gasteiger partial charge in [0.25, 0.3) is 0 Å². The van der Waals surface area contributed by atoms with Gasteiger partial charge in [0, 0.05) is 24.9 Å². The Bertz CT molecular complexity index is 216. The van der Waals surface area contributed by atoms with Crippen molar-refractivity contribution in [3.05, 3.63) is 24.3 Å². The third-order valence-electron chi connectivity index (χ3n) is 2.01. The summed E-state index contributed by atoms with van der Waals surface area (Å²) in [5.74, 6) is 1.52. The van der Waals surface area contributed by atoms with E-state index in [4.69, 9.17) is 0 Å². The molecule has 1 saturated heterocycles. The van der Waals surface area contributed by atoms with E-state index in [1.54, 1.807) is 12.4 Å². The summed E-state index contributed by atoms with van der Waals surface area (Å²) in [5, 5.41) is 3.29. The molecule has 0 spiro atoms. The van der Waals surface area contributed by atoms with E-state index >= 15 is 0 Å². The lowest BCUT2D eigenvalue weighted by Crippen LogP contribution is -2.09. The van der Waals surface area contributed by atoms with Gasteiger partial charge in [-0.05, 0) is 19.0 Å². The molecule has 1 aliphatic rings. The van der Waals surface area contributed by atoms with Crippen LogP contribution >= 0.6 is 0 Å². The molecule has 1 aliphatic heterocycles. The van der Waals surface area contributed by atoms with Gasteiger partial charge in [-0.2, -0.15) is 0 Å². The zero-order valence-corrected chi connectivity index (χ0v) is 6.33. The quantitative estimate of drug-likeness (QED) is 0.633. The van der Waals surface area contributed by atoms with E-state index in [1.807, 2.05) is 6.07 Å². The highest BCUT2D eigenvalue weighted by Gasteiger charge is 2.17. The van der Waals surface area contributed by atoms with Gasteiger partial charge in [0.1, 0.15) is 5.82 Å². The van der Waals surface area contributed by atoms with E-state index < -0.39 is 0 Å². The summed E-state index contributed by atoms with van der Waals surface area (Å²) in [6.07, 6.45) is 4.78. The fourth-order valence-electron chi connectivity index (χ4n) is 1.40. The maximum Gasteiger partial charge on any atom is 0.132 e. The van der Waals surface area contributed by atoms with Crippen molar-refractivity contribution in [3.8, 4) is 0 Å². The minimum absolute atomic E-state index is 0.538. The second kappa shape index (κ2) is 2.96. The Labute approximate surface area is 65.9 Å². The van der Waals surface area contributed by atoms with Crippen molar-refractivity contribution < 1.29 is 0 Å². The Morgan fingerprint density at radius 3 is 2.82 bits per heavy atom. The fourth-order valence-corrected chi connectivity index (χ4v) is 1.40. The lowest BCUT2D eigenvalue weighted by molar-refractivity contribution is 0.701. The first-order valence-corrected chi connectivity index (χ1v) is 3.94. The van der Waals surface area contributed by atoms with Crippen LogP contribution < -0.4 is 5.32 Å². The zero-order chi connectivity index (χ0) is 7.52. The Morgan fingerprint density at radius 2 is 2.18 bits per heavy atom. The second-order valence-corrected chi connectivity index (χ2v) is 2.80. The third kappa shape index (κ3) is 1.38. The van der Waals surface area contributed by atoms with Crippen molar-refractivity contribution in [2.75, 3.05) is 13.1 Å². The van der Waals surface area contributed by atoms with Gasteiger partial charge < -0.3 is 5.32 Å². The molecule has 0 unspecified atom stereocenters. The molecule has 1 fully saturated rings. The Morgan fingerprint density at radius 1 is 1.36 bits per heavy atom. The minimum Gasteiger partial charge on any atom is -0.316 e. The van der Waals surface area contributed by atoms with Crippen molar-refractivity contribution in [3.63, 3.8) is 0 Å². The van der Waals surface area contributed by atoms with Crippen LogP contribution in [0, 0.1) is 0 Å². The largest absolute Gasteiger partial charge is 0.316 e. The van der Waals surface area contributed by atoms with Crippen molar-refractivity contribution in [1.29, 1.82) is 0 Å². The van der Waals surface area contributed by atoms with E-state index in [0.717, 1.165) is 18.9 Å². The molecule has 0 amide bonds. The fraction of sp³-hybridized carbons (Fsp3) is 0.500. The second-order valence-electron chi connectivity index (χ2n) is 2.80. The van der Waals surface area contributed by atoms with E-state index in [1.165, 1.54) is 6.42 Å². The van der Waals surface area contributed by atoms with Gasteiger partial charge in [0.05, 0.1) is 0 Å². The summed E-state index contributed by atoms with van der Waals surface area (Å²) in [7, 11) is 0. The van der Waals surface area contributed by atoms with Crippen molar-refractivity contribution in [1.82, 2.24) is 15.3 Å². The van der Waals surface area contributed by atoms with E-state index in [2.05, 4.69) is 15.3 Å². The summed E-state index contributed by atoms with van der Waals surface area (Å²) in [6.45, 7) is 2.13. The first-order valence-electron chi connectivity index (χ1n) is 3.94. The summed E-state index contributed by atoms with van der Waals surface area (Å²) in [6, 6.07) is 1.85. The zero-order valence-electron chi connectivity index (χ0n) is 6.33. The molecule has 1 N–H and O–H groups in total. The van der Waals surface area contributed by atoms with E-state index in [9.17, 15) is 0 Å². The van der Waals surface area contributed by atoms with Gasteiger partial charge in [-0.25, -0.2) is 9.97 Å². The van der Waals surface area contributed by atoms with Crippen molar-refractivity contribution in [2.45, 2.75) is 12.3 Å². The maximum absolute atomic E-state index is 4.21. The van der Waals surface area contributed by atoms with Crippen LogP contribution in [0.1, 0.15) is 18.2 Å². The van der Waals surface area contributed by atoms with Gasteiger partial charge in [-0.15, -0.1) is 0 Å². The predicted octanol–water partition coefficient (Wildman–Crippen LogP) is 0.554. The Balaban J connectivity index is 2.16. The minimum atomic E-state index is 0.538. The highest BCUT2D eigenvalue weighted by atomic mass is 14.9. The third-order valence-corrected chi connectivity index (χ3v) is 2.01. The van der Waals surface area contributed by atoms with Gasteiger partial charge in [-0.1, -0.05) is 0 Å². The molecule has 1 aromatic heterocycles. The van der Waals surface area contributed by atoms with Crippen LogP contribution in [0.4, 0.5) is 0 Å². The molecule has 0 bridgehead atoms. The summed E-state index contributed by atoms with van der Waals surface area (Å²) in [4.78, 5) is 8.42. The van der Waals surface area contributed by atoms with Crippen LogP contribution in [-0.2, 0) is 0 Å². The number of nitrogens with one attached hydrogen (secondary N) is 1. The lowest BCUT2D eigenvalue weighted by Gasteiger charge is -2.03. The summed E-state index contributed by atoms with van der Waals surface area (Å²) in [5.41, 5.74) is 0. The molecule has 3 heteroatoms. The van der Waals surface area contributed by atoms with Crippen LogP contribution in [0.25, 0.3) is 0 Å². The Hall–Kier alpha value is -0.960. The average molecular weight is 149 g/mol. The van der Waals surface area contributed by atoms with Gasteiger partial charge in [0.15, 0.2) is 0 Å². The standard InChI is InChI=1S/C8H11N3/c1-3-10-8(11-4-1)7-2-5-9-6-7/h1,3-4,7,9H,2,5-6H2/t7-/m1/s1. The van der Waals surface area contributed by atoms with Crippen LogP contribution in [0.3, 0.4) is 0 Å². The molecule has 1 atom stereocenters. The molecule has 2 heterocycles. The molecule has 1 aromatic rings. The average Bonchev–Trinajstić information content (AvgIpc) is 2.58. The predicted molar refractivity (Wildman–Crippen MR) is 42.3 cm³/mol. The highest BCUT2D eigenvalue weighted by molar-refractivity contribution is 5.00. The number of nitrogens with zero attached hydrogens (tertiary/aromatic N) is 2. The molecule has 3 nitrogen and oxygen atoms in total. The molecular weight excluding hydrogens is 138 g/mol. The summed E-state index contributed by atoms with van der Waals surface area (Å²) < 4.78 is 0. The number of aromatic nitrogens is 2. The summed E-state index contributed by atoms with van der Waals surface area (Å²) >= 11 is 0. The molecule has 0 aromatic carbocycles. The molecule has 2 rings (SSSR count). The SMILES string of the molecule is c1cnc([C@@H]2CCNC2)nc1.